The second-order valence-corrected chi connectivity index (χ2v) is 6.93. The van der Waals surface area contributed by atoms with E-state index in [1.807, 2.05) is 37.3 Å². The van der Waals surface area contributed by atoms with E-state index in [1.54, 1.807) is 48.3 Å². The van der Waals surface area contributed by atoms with Crippen LogP contribution in [0, 0.1) is 6.92 Å². The van der Waals surface area contributed by atoms with E-state index < -0.39 is 0 Å². The van der Waals surface area contributed by atoms with Crippen LogP contribution < -0.4 is 9.47 Å². The van der Waals surface area contributed by atoms with Crippen LogP contribution in [0.2, 0.25) is 0 Å². The Morgan fingerprint density at radius 3 is 2.10 bits per heavy atom. The molecular formula is C23H26N2O4. The number of ether oxygens (including phenoxy) is 2. The highest BCUT2D eigenvalue weighted by atomic mass is 16.5. The number of hydrogen-bond acceptors (Lipinski definition) is 4. The SMILES string of the molecule is COc1ccc(C(=O)N2CCN(C(=O)/C=C/c3ccc(C)cc3)CC2)cc1OC. The topological polar surface area (TPSA) is 59.1 Å². The lowest BCUT2D eigenvalue weighted by atomic mass is 10.1. The summed E-state index contributed by atoms with van der Waals surface area (Å²) in [5, 5.41) is 0. The van der Waals surface area contributed by atoms with E-state index in [1.165, 1.54) is 5.56 Å². The smallest absolute Gasteiger partial charge is 0.254 e. The quantitative estimate of drug-likeness (QED) is 0.732. The van der Waals surface area contributed by atoms with E-state index in [9.17, 15) is 9.59 Å². The molecule has 2 aromatic rings. The van der Waals surface area contributed by atoms with Crippen LogP contribution in [0.15, 0.2) is 48.5 Å². The zero-order valence-corrected chi connectivity index (χ0v) is 17.1. The molecule has 1 fully saturated rings. The van der Waals surface area contributed by atoms with Crippen molar-refractivity contribution in [3.05, 3.63) is 65.2 Å². The molecule has 1 aliphatic heterocycles. The maximum atomic E-state index is 12.8. The summed E-state index contributed by atoms with van der Waals surface area (Å²) in [6.07, 6.45) is 3.42. The molecule has 1 saturated heterocycles. The van der Waals surface area contributed by atoms with Gasteiger partial charge in [-0.15, -0.1) is 0 Å². The molecule has 0 atom stereocenters. The molecule has 0 spiro atoms. The predicted octanol–water partition coefficient (Wildman–Crippen LogP) is 3.01. The normalized spacial score (nSPS) is 14.2. The monoisotopic (exact) mass is 394 g/mol. The number of methoxy groups -OCH3 is 2. The third kappa shape index (κ3) is 4.96. The molecule has 2 amide bonds. The van der Waals surface area contributed by atoms with E-state index >= 15 is 0 Å². The minimum atomic E-state index is -0.0757. The van der Waals surface area contributed by atoms with Crippen molar-refractivity contribution in [2.24, 2.45) is 0 Å². The average molecular weight is 394 g/mol. The number of benzene rings is 2. The van der Waals surface area contributed by atoms with E-state index in [0.29, 0.717) is 43.2 Å². The van der Waals surface area contributed by atoms with Crippen LogP contribution in [0.1, 0.15) is 21.5 Å². The Kier molecular flexibility index (Phi) is 6.54. The van der Waals surface area contributed by atoms with Gasteiger partial charge in [-0.25, -0.2) is 0 Å². The molecule has 1 heterocycles. The fourth-order valence-corrected chi connectivity index (χ4v) is 3.23. The molecule has 3 rings (SSSR count). The fourth-order valence-electron chi connectivity index (χ4n) is 3.23. The standard InChI is InChI=1S/C23H26N2O4/c1-17-4-6-18(7-5-17)8-11-22(26)24-12-14-25(15-13-24)23(27)19-9-10-20(28-2)21(16-19)29-3/h4-11,16H,12-15H2,1-3H3/b11-8+. The predicted molar refractivity (Wildman–Crippen MR) is 112 cm³/mol. The molecule has 0 aliphatic carbocycles. The molecule has 0 N–H and O–H groups in total. The lowest BCUT2D eigenvalue weighted by Gasteiger charge is -2.34. The second-order valence-electron chi connectivity index (χ2n) is 6.93. The highest BCUT2D eigenvalue weighted by Crippen LogP contribution is 2.28. The lowest BCUT2D eigenvalue weighted by Crippen LogP contribution is -2.50. The number of piperazine rings is 1. The maximum absolute atomic E-state index is 12.8. The van der Waals surface area contributed by atoms with Crippen LogP contribution in [0.3, 0.4) is 0 Å². The summed E-state index contributed by atoms with van der Waals surface area (Å²) in [7, 11) is 3.10. The molecule has 29 heavy (non-hydrogen) atoms. The van der Waals surface area contributed by atoms with Gasteiger partial charge in [0.05, 0.1) is 14.2 Å². The van der Waals surface area contributed by atoms with Gasteiger partial charge in [-0.2, -0.15) is 0 Å². The first-order valence-corrected chi connectivity index (χ1v) is 9.57. The molecule has 1 aliphatic rings. The molecule has 6 nitrogen and oxygen atoms in total. The Morgan fingerprint density at radius 2 is 1.48 bits per heavy atom. The molecule has 152 valence electrons. The Morgan fingerprint density at radius 1 is 0.862 bits per heavy atom. The van der Waals surface area contributed by atoms with Crippen molar-refractivity contribution in [3.63, 3.8) is 0 Å². The van der Waals surface area contributed by atoms with Crippen molar-refractivity contribution in [3.8, 4) is 11.5 Å². The van der Waals surface area contributed by atoms with Crippen LogP contribution >= 0.6 is 0 Å². The molecule has 6 heteroatoms. The van der Waals surface area contributed by atoms with Crippen LogP contribution in [0.5, 0.6) is 11.5 Å². The lowest BCUT2D eigenvalue weighted by molar-refractivity contribution is -0.127. The summed E-state index contributed by atoms with van der Waals surface area (Å²) in [6, 6.07) is 13.1. The van der Waals surface area contributed by atoms with E-state index in [-0.39, 0.29) is 11.8 Å². The van der Waals surface area contributed by atoms with Crippen molar-refractivity contribution in [1.82, 2.24) is 9.80 Å². The molecule has 0 unspecified atom stereocenters. The van der Waals surface area contributed by atoms with Gasteiger partial charge in [-0.1, -0.05) is 29.8 Å². The first-order valence-electron chi connectivity index (χ1n) is 9.57. The summed E-state index contributed by atoms with van der Waals surface area (Å²) in [5.41, 5.74) is 2.72. The van der Waals surface area contributed by atoms with Gasteiger partial charge < -0.3 is 19.3 Å². The summed E-state index contributed by atoms with van der Waals surface area (Å²) in [5.74, 6) is 0.991. The molecule has 2 aromatic carbocycles. The Bertz CT molecular complexity index is 898. The first kappa shape index (κ1) is 20.5. The molecule has 0 saturated carbocycles. The summed E-state index contributed by atoms with van der Waals surface area (Å²) in [4.78, 5) is 28.8. The van der Waals surface area contributed by atoms with Gasteiger partial charge in [0.25, 0.3) is 5.91 Å². The molecule has 0 aromatic heterocycles. The van der Waals surface area contributed by atoms with Gasteiger partial charge in [-0.05, 0) is 36.8 Å². The molecule has 0 bridgehead atoms. The van der Waals surface area contributed by atoms with E-state index in [4.69, 9.17) is 9.47 Å². The summed E-state index contributed by atoms with van der Waals surface area (Å²) >= 11 is 0. The molecular weight excluding hydrogens is 368 g/mol. The number of aryl methyl sites for hydroxylation is 1. The number of carbonyl (C=O) groups excluding carboxylic acids is 2. The highest BCUT2D eigenvalue weighted by molar-refractivity contribution is 5.95. The largest absolute Gasteiger partial charge is 0.493 e. The minimum absolute atomic E-state index is 0.0382. The maximum Gasteiger partial charge on any atom is 0.254 e. The highest BCUT2D eigenvalue weighted by Gasteiger charge is 2.24. The van der Waals surface area contributed by atoms with Crippen molar-refractivity contribution in [2.75, 3.05) is 40.4 Å². The van der Waals surface area contributed by atoms with E-state index in [0.717, 1.165) is 5.56 Å². The summed E-state index contributed by atoms with van der Waals surface area (Å²) < 4.78 is 10.5. The number of nitrogens with zero attached hydrogens (tertiary/aromatic N) is 2. The van der Waals surface area contributed by atoms with Gasteiger partial charge >= 0.3 is 0 Å². The van der Waals surface area contributed by atoms with Gasteiger partial charge in [0.1, 0.15) is 0 Å². The van der Waals surface area contributed by atoms with Crippen LogP contribution in [-0.4, -0.2) is 62.0 Å². The van der Waals surface area contributed by atoms with E-state index in [2.05, 4.69) is 0 Å². The Labute approximate surface area is 171 Å². The van der Waals surface area contributed by atoms with Crippen LogP contribution in [0.25, 0.3) is 6.08 Å². The second kappa shape index (κ2) is 9.28. The van der Waals surface area contributed by atoms with Gasteiger partial charge in [-0.3, -0.25) is 9.59 Å². The Balaban J connectivity index is 1.57. The zero-order chi connectivity index (χ0) is 20.8. The number of carbonyl (C=O) groups is 2. The van der Waals surface area contributed by atoms with Crippen LogP contribution in [-0.2, 0) is 4.79 Å². The summed E-state index contributed by atoms with van der Waals surface area (Å²) in [6.45, 7) is 4.04. The van der Waals surface area contributed by atoms with Crippen molar-refractivity contribution in [1.29, 1.82) is 0 Å². The average Bonchev–Trinajstić information content (AvgIpc) is 2.77. The first-order chi connectivity index (χ1) is 14.0. The third-order valence-electron chi connectivity index (χ3n) is 5.00. The van der Waals surface area contributed by atoms with Gasteiger partial charge in [0.15, 0.2) is 11.5 Å². The van der Waals surface area contributed by atoms with Crippen molar-refractivity contribution < 1.29 is 19.1 Å². The third-order valence-corrected chi connectivity index (χ3v) is 5.00. The fraction of sp³-hybridized carbons (Fsp3) is 0.304. The number of hydrogen-bond donors (Lipinski definition) is 0. The van der Waals surface area contributed by atoms with Crippen molar-refractivity contribution in [2.45, 2.75) is 6.92 Å². The zero-order valence-electron chi connectivity index (χ0n) is 17.1. The number of amides is 2. The van der Waals surface area contributed by atoms with Crippen LogP contribution in [0.4, 0.5) is 0 Å². The minimum Gasteiger partial charge on any atom is -0.493 e. The molecule has 0 radical (unpaired) electrons. The Hall–Kier alpha value is -3.28. The van der Waals surface area contributed by atoms with Gasteiger partial charge in [0.2, 0.25) is 5.91 Å². The number of rotatable bonds is 5. The van der Waals surface area contributed by atoms with Crippen molar-refractivity contribution >= 4 is 17.9 Å². The van der Waals surface area contributed by atoms with Gasteiger partial charge in [0, 0.05) is 37.8 Å².